The van der Waals surface area contributed by atoms with Crippen LogP contribution in [0, 0.1) is 6.92 Å². The molecule has 21 heavy (non-hydrogen) atoms. The van der Waals surface area contributed by atoms with Gasteiger partial charge in [-0.05, 0) is 30.5 Å². The predicted octanol–water partition coefficient (Wildman–Crippen LogP) is 4.42. The molecule has 1 aliphatic rings. The maximum absolute atomic E-state index is 4.56. The number of benzene rings is 2. The molecule has 0 atom stereocenters. The van der Waals surface area contributed by atoms with Crippen LogP contribution >= 0.6 is 11.9 Å². The van der Waals surface area contributed by atoms with Gasteiger partial charge in [0.2, 0.25) is 0 Å². The molecule has 2 nitrogen and oxygen atoms in total. The highest BCUT2D eigenvalue weighted by molar-refractivity contribution is 7.96. The van der Waals surface area contributed by atoms with Crippen LogP contribution in [0.2, 0.25) is 0 Å². The Labute approximate surface area is 130 Å². The summed E-state index contributed by atoms with van der Waals surface area (Å²) in [4.78, 5) is 4.56. The smallest absolute Gasteiger partial charge is 0.145 e. The van der Waals surface area contributed by atoms with Gasteiger partial charge in [0.1, 0.15) is 5.84 Å². The maximum atomic E-state index is 4.56. The fourth-order valence-electron chi connectivity index (χ4n) is 2.18. The molecule has 1 aliphatic heterocycles. The van der Waals surface area contributed by atoms with Crippen molar-refractivity contribution < 1.29 is 0 Å². The maximum Gasteiger partial charge on any atom is 0.145 e. The Morgan fingerprint density at radius 2 is 1.81 bits per heavy atom. The van der Waals surface area contributed by atoms with Crippen molar-refractivity contribution in [3.63, 3.8) is 0 Å². The van der Waals surface area contributed by atoms with Gasteiger partial charge in [-0.3, -0.25) is 4.31 Å². The van der Waals surface area contributed by atoms with E-state index in [-0.39, 0.29) is 0 Å². The van der Waals surface area contributed by atoms with E-state index >= 15 is 0 Å². The number of hydrogen-bond donors (Lipinski definition) is 0. The van der Waals surface area contributed by atoms with Gasteiger partial charge >= 0.3 is 0 Å². The molecule has 3 rings (SSSR count). The lowest BCUT2D eigenvalue weighted by atomic mass is 10.1. The van der Waals surface area contributed by atoms with Crippen LogP contribution in [0.4, 0.5) is 0 Å². The summed E-state index contributed by atoms with van der Waals surface area (Å²) in [6.07, 6.45) is 3.99. The summed E-state index contributed by atoms with van der Waals surface area (Å²) >= 11 is 1.81. The van der Waals surface area contributed by atoms with Crippen LogP contribution in [0.15, 0.2) is 71.9 Å². The van der Waals surface area contributed by atoms with Gasteiger partial charge in [0, 0.05) is 17.5 Å². The van der Waals surface area contributed by atoms with Crippen molar-refractivity contribution in [1.29, 1.82) is 0 Å². The first-order chi connectivity index (χ1) is 10.3. The van der Waals surface area contributed by atoms with Gasteiger partial charge in [-0.25, -0.2) is 4.99 Å². The van der Waals surface area contributed by atoms with E-state index in [1.165, 1.54) is 16.7 Å². The van der Waals surface area contributed by atoms with Gasteiger partial charge < -0.3 is 0 Å². The van der Waals surface area contributed by atoms with E-state index in [0.29, 0.717) is 0 Å². The molecule has 0 aliphatic carbocycles. The third-order valence-corrected chi connectivity index (χ3v) is 4.45. The molecule has 0 spiro atoms. The lowest BCUT2D eigenvalue weighted by Crippen LogP contribution is -2.27. The fourth-order valence-corrected chi connectivity index (χ4v) is 3.14. The second-order valence-electron chi connectivity index (χ2n) is 5.02. The highest BCUT2D eigenvalue weighted by Crippen LogP contribution is 2.22. The van der Waals surface area contributed by atoms with Crippen LogP contribution in [0.5, 0.6) is 0 Å². The van der Waals surface area contributed by atoms with Crippen molar-refractivity contribution in [3.05, 3.63) is 83.6 Å². The molecule has 2 aromatic carbocycles. The van der Waals surface area contributed by atoms with Gasteiger partial charge in [0.05, 0.1) is 6.54 Å². The van der Waals surface area contributed by atoms with Crippen molar-refractivity contribution in [2.75, 3.05) is 6.54 Å². The molecule has 0 unspecified atom stereocenters. The molecule has 106 valence electrons. The Bertz CT molecular complexity index is 645. The summed E-state index contributed by atoms with van der Waals surface area (Å²) in [7, 11) is 0. The summed E-state index contributed by atoms with van der Waals surface area (Å²) in [6, 6.07) is 19.1. The lowest BCUT2D eigenvalue weighted by Gasteiger charge is -2.25. The van der Waals surface area contributed by atoms with Crippen molar-refractivity contribution in [3.8, 4) is 0 Å². The van der Waals surface area contributed by atoms with Crippen LogP contribution in [0.3, 0.4) is 0 Å². The predicted molar refractivity (Wildman–Crippen MR) is 91.3 cm³/mol. The summed E-state index contributed by atoms with van der Waals surface area (Å²) in [5.41, 5.74) is 3.78. The normalized spacial score (nSPS) is 14.1. The molecule has 0 bridgehead atoms. The number of nitrogens with zero attached hydrogens (tertiary/aromatic N) is 2. The summed E-state index contributed by atoms with van der Waals surface area (Å²) in [6.45, 7) is 3.00. The summed E-state index contributed by atoms with van der Waals surface area (Å²) in [5, 5.41) is 0. The number of aryl methyl sites for hydroxylation is 1. The highest BCUT2D eigenvalue weighted by Gasteiger charge is 2.15. The molecule has 0 saturated heterocycles. The zero-order chi connectivity index (χ0) is 14.5. The molecule has 2 aromatic rings. The minimum Gasteiger partial charge on any atom is -0.296 e. The average Bonchev–Trinajstić information content (AvgIpc) is 2.55. The average molecular weight is 294 g/mol. The SMILES string of the molecule is Cc1ccc(C2=NC=CCN2SCc2ccccc2)cc1. The Kier molecular flexibility index (Phi) is 4.41. The van der Waals surface area contributed by atoms with Crippen molar-refractivity contribution in [2.24, 2.45) is 4.99 Å². The number of aliphatic imine (C=N–C) groups is 1. The second kappa shape index (κ2) is 6.64. The molecule has 0 aromatic heterocycles. The molecule has 1 heterocycles. The standard InChI is InChI=1S/C18H18N2S/c1-15-8-10-17(11-9-15)18-19-12-5-13-20(18)21-14-16-6-3-2-4-7-16/h2-12H,13-14H2,1H3. The summed E-state index contributed by atoms with van der Waals surface area (Å²) in [5.74, 6) is 2.00. The minimum absolute atomic E-state index is 0.893. The first-order valence-corrected chi connectivity index (χ1v) is 8.01. The third-order valence-electron chi connectivity index (χ3n) is 3.35. The van der Waals surface area contributed by atoms with Crippen LogP contribution in [0.1, 0.15) is 16.7 Å². The zero-order valence-electron chi connectivity index (χ0n) is 12.1. The van der Waals surface area contributed by atoms with Crippen molar-refractivity contribution >= 4 is 17.8 Å². The van der Waals surface area contributed by atoms with E-state index in [1.807, 2.05) is 18.1 Å². The van der Waals surface area contributed by atoms with E-state index < -0.39 is 0 Å². The molecule has 0 N–H and O–H groups in total. The number of amidine groups is 1. The Balaban J connectivity index is 1.73. The largest absolute Gasteiger partial charge is 0.296 e. The van der Waals surface area contributed by atoms with Crippen LogP contribution in [-0.4, -0.2) is 16.7 Å². The quantitative estimate of drug-likeness (QED) is 0.776. The Hall–Kier alpha value is -2.00. The Morgan fingerprint density at radius 3 is 2.57 bits per heavy atom. The van der Waals surface area contributed by atoms with E-state index in [2.05, 4.69) is 76.9 Å². The van der Waals surface area contributed by atoms with Crippen LogP contribution in [-0.2, 0) is 5.75 Å². The molecule has 0 amide bonds. The highest BCUT2D eigenvalue weighted by atomic mass is 32.2. The zero-order valence-corrected chi connectivity index (χ0v) is 12.9. The van der Waals surface area contributed by atoms with Crippen LogP contribution < -0.4 is 0 Å². The van der Waals surface area contributed by atoms with E-state index in [0.717, 1.165) is 18.1 Å². The van der Waals surface area contributed by atoms with Gasteiger partial charge in [0.25, 0.3) is 0 Å². The Morgan fingerprint density at radius 1 is 1.05 bits per heavy atom. The van der Waals surface area contributed by atoms with E-state index in [9.17, 15) is 0 Å². The fraction of sp³-hybridized carbons (Fsp3) is 0.167. The molecule has 0 saturated carbocycles. The third kappa shape index (κ3) is 3.56. The van der Waals surface area contributed by atoms with Gasteiger partial charge in [-0.1, -0.05) is 60.2 Å². The van der Waals surface area contributed by atoms with Gasteiger partial charge in [-0.15, -0.1) is 0 Å². The molecule has 0 fully saturated rings. The molecular formula is C18H18N2S. The van der Waals surface area contributed by atoms with E-state index in [4.69, 9.17) is 0 Å². The van der Waals surface area contributed by atoms with Gasteiger partial charge in [0.15, 0.2) is 0 Å². The minimum atomic E-state index is 0.893. The molecule has 0 radical (unpaired) electrons. The number of hydrogen-bond acceptors (Lipinski definition) is 3. The first-order valence-electron chi connectivity index (χ1n) is 7.07. The first kappa shape index (κ1) is 14.0. The van der Waals surface area contributed by atoms with E-state index in [1.54, 1.807) is 0 Å². The second-order valence-corrected chi connectivity index (χ2v) is 6.01. The monoisotopic (exact) mass is 294 g/mol. The van der Waals surface area contributed by atoms with Gasteiger partial charge in [-0.2, -0.15) is 0 Å². The molecule has 3 heteroatoms. The van der Waals surface area contributed by atoms with Crippen LogP contribution in [0.25, 0.3) is 0 Å². The molecular weight excluding hydrogens is 276 g/mol. The van der Waals surface area contributed by atoms with Crippen molar-refractivity contribution in [1.82, 2.24) is 4.31 Å². The lowest BCUT2D eigenvalue weighted by molar-refractivity contribution is 0.744. The van der Waals surface area contributed by atoms with Crippen molar-refractivity contribution in [2.45, 2.75) is 12.7 Å². The summed E-state index contributed by atoms with van der Waals surface area (Å²) < 4.78 is 2.26. The topological polar surface area (TPSA) is 15.6 Å². The number of rotatable bonds is 4.